The van der Waals surface area contributed by atoms with Crippen LogP contribution in [0.25, 0.3) is 0 Å². The number of carbonyl (C=O) groups is 3. The van der Waals surface area contributed by atoms with E-state index in [2.05, 4.69) is 5.32 Å². The summed E-state index contributed by atoms with van der Waals surface area (Å²) < 4.78 is 5.20. The zero-order chi connectivity index (χ0) is 20.5. The Bertz CT molecular complexity index is 795. The van der Waals surface area contributed by atoms with Crippen molar-refractivity contribution in [3.63, 3.8) is 0 Å². The zero-order valence-corrected chi connectivity index (χ0v) is 15.9. The highest BCUT2D eigenvalue weighted by molar-refractivity contribution is 5.89. The molecule has 148 valence electrons. The van der Waals surface area contributed by atoms with Gasteiger partial charge in [0, 0.05) is 13.5 Å². The number of likely N-dealkylation sites (N-methyl/N-ethyl adjacent to an activating group) is 1. The molecule has 2 atom stereocenters. The largest absolute Gasteiger partial charge is 0.480 e. The van der Waals surface area contributed by atoms with Crippen molar-refractivity contribution < 1.29 is 24.2 Å². The SMILES string of the molecule is C[C@@H](C(=O)N[C@@H](Cc1ccccc1)C(=O)O)N(C)C(=O)OCc1ccccc1. The summed E-state index contributed by atoms with van der Waals surface area (Å²) in [5.74, 6) is -1.71. The number of benzene rings is 2. The number of carboxylic acid groups (broad SMARTS) is 1. The van der Waals surface area contributed by atoms with Crippen LogP contribution in [0.3, 0.4) is 0 Å². The minimum atomic E-state index is -1.14. The van der Waals surface area contributed by atoms with Crippen LogP contribution >= 0.6 is 0 Å². The number of hydrogen-bond donors (Lipinski definition) is 2. The summed E-state index contributed by atoms with van der Waals surface area (Å²) >= 11 is 0. The Labute approximate surface area is 163 Å². The van der Waals surface area contributed by atoms with Gasteiger partial charge in [-0.1, -0.05) is 60.7 Å². The van der Waals surface area contributed by atoms with E-state index in [9.17, 15) is 19.5 Å². The number of ether oxygens (including phenoxy) is 1. The van der Waals surface area contributed by atoms with Gasteiger partial charge in [0.1, 0.15) is 18.7 Å². The quantitative estimate of drug-likeness (QED) is 0.729. The molecule has 0 fully saturated rings. The van der Waals surface area contributed by atoms with E-state index >= 15 is 0 Å². The predicted molar refractivity (Wildman–Crippen MR) is 104 cm³/mol. The first kappa shape index (κ1) is 21.0. The maximum Gasteiger partial charge on any atom is 0.410 e. The third-order valence-corrected chi connectivity index (χ3v) is 4.35. The number of aliphatic carboxylic acids is 1. The predicted octanol–water partition coefficient (Wildman–Crippen LogP) is 2.46. The van der Waals surface area contributed by atoms with Gasteiger partial charge in [0.15, 0.2) is 0 Å². The molecule has 2 aromatic carbocycles. The molecule has 2 N–H and O–H groups in total. The van der Waals surface area contributed by atoms with Crippen LogP contribution in [0.5, 0.6) is 0 Å². The van der Waals surface area contributed by atoms with Gasteiger partial charge in [-0.3, -0.25) is 9.69 Å². The van der Waals surface area contributed by atoms with Crippen LogP contribution in [-0.2, 0) is 27.4 Å². The van der Waals surface area contributed by atoms with Crippen molar-refractivity contribution in [3.8, 4) is 0 Å². The smallest absolute Gasteiger partial charge is 0.410 e. The van der Waals surface area contributed by atoms with E-state index in [1.54, 1.807) is 24.3 Å². The molecular formula is C21H24N2O5. The van der Waals surface area contributed by atoms with Crippen LogP contribution in [0.4, 0.5) is 4.79 Å². The third-order valence-electron chi connectivity index (χ3n) is 4.35. The standard InChI is InChI=1S/C21H24N2O5/c1-15(23(2)21(27)28-14-17-11-7-4-8-12-17)19(24)22-18(20(25)26)13-16-9-5-3-6-10-16/h3-12,15,18H,13-14H2,1-2H3,(H,22,24)(H,25,26)/t15-,18-/m0/s1. The third kappa shape index (κ3) is 6.12. The normalized spacial score (nSPS) is 12.5. The van der Waals surface area contributed by atoms with Crippen LogP contribution in [0.15, 0.2) is 60.7 Å². The van der Waals surface area contributed by atoms with Crippen LogP contribution in [-0.4, -0.2) is 47.1 Å². The molecule has 0 heterocycles. The van der Waals surface area contributed by atoms with E-state index in [0.717, 1.165) is 16.0 Å². The van der Waals surface area contributed by atoms with Crippen molar-refractivity contribution in [1.82, 2.24) is 10.2 Å². The van der Waals surface area contributed by atoms with Gasteiger partial charge in [-0.15, -0.1) is 0 Å². The fraction of sp³-hybridized carbons (Fsp3) is 0.286. The van der Waals surface area contributed by atoms with E-state index in [4.69, 9.17) is 4.74 Å². The van der Waals surface area contributed by atoms with Crippen molar-refractivity contribution in [2.45, 2.75) is 32.0 Å². The van der Waals surface area contributed by atoms with E-state index in [1.807, 2.05) is 36.4 Å². The lowest BCUT2D eigenvalue weighted by molar-refractivity contribution is -0.142. The minimum Gasteiger partial charge on any atom is -0.480 e. The van der Waals surface area contributed by atoms with Crippen LogP contribution < -0.4 is 5.32 Å². The molecule has 0 aliphatic rings. The molecule has 0 aliphatic heterocycles. The van der Waals surface area contributed by atoms with Gasteiger partial charge in [0.25, 0.3) is 0 Å². The van der Waals surface area contributed by atoms with Crippen LogP contribution in [0.1, 0.15) is 18.1 Å². The lowest BCUT2D eigenvalue weighted by Crippen LogP contribution is -2.51. The molecule has 7 nitrogen and oxygen atoms in total. The average Bonchev–Trinajstić information content (AvgIpc) is 2.71. The second kappa shape index (κ2) is 10.1. The van der Waals surface area contributed by atoms with E-state index in [-0.39, 0.29) is 13.0 Å². The van der Waals surface area contributed by atoms with E-state index in [0.29, 0.717) is 0 Å². The molecule has 0 spiro atoms. The van der Waals surface area contributed by atoms with Gasteiger partial charge in [-0.2, -0.15) is 0 Å². The Morgan fingerprint density at radius 1 is 1.00 bits per heavy atom. The summed E-state index contributed by atoms with van der Waals surface area (Å²) in [6.07, 6.45) is -0.516. The Morgan fingerprint density at radius 3 is 2.07 bits per heavy atom. The van der Waals surface area contributed by atoms with Crippen LogP contribution in [0.2, 0.25) is 0 Å². The van der Waals surface area contributed by atoms with E-state index in [1.165, 1.54) is 14.0 Å². The molecule has 2 aromatic rings. The Morgan fingerprint density at radius 2 is 1.54 bits per heavy atom. The lowest BCUT2D eigenvalue weighted by atomic mass is 10.1. The molecular weight excluding hydrogens is 360 g/mol. The topological polar surface area (TPSA) is 95.9 Å². The number of carboxylic acids is 1. The highest BCUT2D eigenvalue weighted by Crippen LogP contribution is 2.07. The van der Waals surface area contributed by atoms with Crippen molar-refractivity contribution in [1.29, 1.82) is 0 Å². The first-order valence-electron chi connectivity index (χ1n) is 8.89. The number of nitrogens with one attached hydrogen (secondary N) is 1. The molecule has 0 bridgehead atoms. The molecule has 7 heteroatoms. The fourth-order valence-corrected chi connectivity index (χ4v) is 2.50. The number of amides is 2. The Hall–Kier alpha value is -3.35. The molecule has 0 aliphatic carbocycles. The molecule has 0 radical (unpaired) electrons. The molecule has 0 unspecified atom stereocenters. The highest BCUT2D eigenvalue weighted by atomic mass is 16.6. The molecule has 0 saturated carbocycles. The van der Waals surface area contributed by atoms with Gasteiger partial charge in [-0.05, 0) is 18.1 Å². The second-order valence-corrected chi connectivity index (χ2v) is 6.42. The summed E-state index contributed by atoms with van der Waals surface area (Å²) in [4.78, 5) is 37.3. The van der Waals surface area contributed by atoms with Crippen molar-refractivity contribution in [2.75, 3.05) is 7.05 Å². The summed E-state index contributed by atoms with van der Waals surface area (Å²) in [5.41, 5.74) is 1.62. The molecule has 28 heavy (non-hydrogen) atoms. The first-order valence-corrected chi connectivity index (χ1v) is 8.89. The number of rotatable bonds is 8. The summed E-state index contributed by atoms with van der Waals surface area (Å²) in [5, 5.41) is 11.9. The van der Waals surface area contributed by atoms with E-state index < -0.39 is 30.1 Å². The lowest BCUT2D eigenvalue weighted by Gasteiger charge is -2.25. The van der Waals surface area contributed by atoms with Gasteiger partial charge in [0.05, 0.1) is 0 Å². The zero-order valence-electron chi connectivity index (χ0n) is 15.9. The second-order valence-electron chi connectivity index (χ2n) is 6.42. The van der Waals surface area contributed by atoms with Gasteiger partial charge in [0.2, 0.25) is 5.91 Å². The van der Waals surface area contributed by atoms with Gasteiger partial charge < -0.3 is 15.2 Å². The highest BCUT2D eigenvalue weighted by Gasteiger charge is 2.28. The minimum absolute atomic E-state index is 0.0874. The molecule has 0 aromatic heterocycles. The molecule has 0 saturated heterocycles. The maximum absolute atomic E-state index is 12.4. The van der Waals surface area contributed by atoms with Crippen LogP contribution in [0, 0.1) is 0 Å². The summed E-state index contributed by atoms with van der Waals surface area (Å²) in [6.45, 7) is 1.60. The van der Waals surface area contributed by atoms with Crippen molar-refractivity contribution in [2.24, 2.45) is 0 Å². The Kier molecular flexibility index (Phi) is 7.56. The van der Waals surface area contributed by atoms with Gasteiger partial charge in [-0.25, -0.2) is 9.59 Å². The number of hydrogen-bond acceptors (Lipinski definition) is 4. The Balaban J connectivity index is 1.91. The number of carbonyl (C=O) groups excluding carboxylic acids is 2. The monoisotopic (exact) mass is 384 g/mol. The summed E-state index contributed by atoms with van der Waals surface area (Å²) in [7, 11) is 1.44. The number of nitrogens with zero attached hydrogens (tertiary/aromatic N) is 1. The maximum atomic E-state index is 12.4. The van der Waals surface area contributed by atoms with Gasteiger partial charge >= 0.3 is 12.1 Å². The van der Waals surface area contributed by atoms with Crippen molar-refractivity contribution in [3.05, 3.63) is 71.8 Å². The van der Waals surface area contributed by atoms with Crippen molar-refractivity contribution >= 4 is 18.0 Å². The summed E-state index contributed by atoms with van der Waals surface area (Å²) in [6, 6.07) is 16.2. The fourth-order valence-electron chi connectivity index (χ4n) is 2.50. The first-order chi connectivity index (χ1) is 13.4. The average molecular weight is 384 g/mol. The molecule has 2 amide bonds. The molecule has 2 rings (SSSR count).